The molecule has 2 aromatic heterocycles. The molecule has 0 radical (unpaired) electrons. The molecule has 6 heterocycles. The van der Waals surface area contributed by atoms with Crippen molar-refractivity contribution < 1.29 is 29.9 Å². The fourth-order valence-corrected chi connectivity index (χ4v) is 16.3. The van der Waals surface area contributed by atoms with E-state index in [-0.39, 0.29) is 17.9 Å². The lowest BCUT2D eigenvalue weighted by atomic mass is 9.48. The molecule has 6 atom stereocenters. The quantitative estimate of drug-likeness (QED) is 0.0514. The van der Waals surface area contributed by atoms with Gasteiger partial charge in [-0.1, -0.05) is 117 Å². The lowest BCUT2D eigenvalue weighted by molar-refractivity contribution is -0.209. The van der Waals surface area contributed by atoms with Crippen molar-refractivity contribution in [2.75, 3.05) is 63.0 Å². The zero-order valence-corrected chi connectivity index (χ0v) is 56.2. The van der Waals surface area contributed by atoms with Crippen LogP contribution < -0.4 is 25.4 Å². The number of thiophene rings is 1. The maximum Gasteiger partial charge on any atom is 0.165 e. The Morgan fingerprint density at radius 3 is 2.38 bits per heavy atom. The Balaban J connectivity index is 0.000000114. The molecule has 490 valence electrons. The van der Waals surface area contributed by atoms with Crippen LogP contribution in [0.15, 0.2) is 168 Å². The number of halogens is 2. The molecule has 17 heteroatoms. The summed E-state index contributed by atoms with van der Waals surface area (Å²) in [6.45, 7) is 15.0. The van der Waals surface area contributed by atoms with Crippen LogP contribution in [0, 0.1) is 5.92 Å². The smallest absolute Gasteiger partial charge is 0.165 e. The van der Waals surface area contributed by atoms with Crippen LogP contribution in [0.4, 0.5) is 28.4 Å². The van der Waals surface area contributed by atoms with Crippen molar-refractivity contribution in [3.63, 3.8) is 0 Å². The van der Waals surface area contributed by atoms with Crippen LogP contribution >= 0.6 is 34.5 Å². The van der Waals surface area contributed by atoms with Crippen molar-refractivity contribution in [1.82, 2.24) is 25.0 Å². The monoisotopic (exact) mass is 1320 g/mol. The third kappa shape index (κ3) is 13.3. The van der Waals surface area contributed by atoms with E-state index in [9.17, 15) is 20.4 Å². The SMILES string of the molecule is CCCC[C@H](Oc1cccc2ccccc12)c1cccs1.CCN(CC)Cc1cc(Nc2ccnc3cc(Cl)ccc23)ccc1O.Clc1ccc2c(c1)N=C(N1CCNCC1)c1ccccc1N2.Oc1ccc2c3c1O[C@H]1[C@@H](O)CC[C@]4(O)[C@@H](C2)N(CC2CCC2)CC[C@]314. The molecule has 14 nitrogen and oxygen atoms in total. The van der Waals surface area contributed by atoms with Crippen molar-refractivity contribution in [2.24, 2.45) is 10.9 Å². The third-order valence-electron chi connectivity index (χ3n) is 20.4. The number of aliphatic hydroxyl groups is 2. The molecule has 1 spiro atoms. The minimum Gasteiger partial charge on any atom is -0.508 e. The lowest BCUT2D eigenvalue weighted by Gasteiger charge is -2.64. The average molecular weight is 1320 g/mol. The molecule has 0 amide bonds. The number of fused-ring (bicyclic) bond motifs is 4. The number of ether oxygens (including phenoxy) is 2. The van der Waals surface area contributed by atoms with Crippen LogP contribution in [0.2, 0.25) is 10.0 Å². The van der Waals surface area contributed by atoms with Crippen LogP contribution in [-0.2, 0) is 18.4 Å². The Kier molecular flexibility index (Phi) is 20.0. The molecule has 3 aliphatic carbocycles. The van der Waals surface area contributed by atoms with E-state index >= 15 is 0 Å². The number of anilines is 4. The van der Waals surface area contributed by atoms with E-state index in [4.69, 9.17) is 37.7 Å². The molecule has 16 rings (SSSR count). The van der Waals surface area contributed by atoms with Gasteiger partial charge in [0.1, 0.15) is 29.5 Å². The largest absolute Gasteiger partial charge is 0.508 e. The number of piperazine rings is 1. The maximum absolute atomic E-state index is 12.1. The van der Waals surface area contributed by atoms with Crippen LogP contribution in [0.5, 0.6) is 23.0 Å². The number of phenolic OH excluding ortho intramolecular Hbond substituents is 2. The second-order valence-corrected chi connectivity index (χ2v) is 27.8. The summed E-state index contributed by atoms with van der Waals surface area (Å²) in [6.07, 6.45) is 11.1. The number of amidine groups is 1. The molecule has 7 N–H and O–H groups in total. The first kappa shape index (κ1) is 65.2. The molecule has 94 heavy (non-hydrogen) atoms. The number of piperidine rings is 1. The van der Waals surface area contributed by atoms with E-state index in [1.807, 2.05) is 66.7 Å². The predicted octanol–water partition coefficient (Wildman–Crippen LogP) is 16.5. The molecule has 2 saturated heterocycles. The summed E-state index contributed by atoms with van der Waals surface area (Å²) in [6, 6.07) is 50.1. The number of aliphatic imine (C=N–C) groups is 1. The van der Waals surface area contributed by atoms with Gasteiger partial charge >= 0.3 is 0 Å². The van der Waals surface area contributed by atoms with Crippen LogP contribution in [0.25, 0.3) is 21.7 Å². The molecule has 9 aromatic rings. The number of rotatable bonds is 14. The Bertz CT molecular complexity index is 4140. The first-order valence-corrected chi connectivity index (χ1v) is 35.4. The van der Waals surface area contributed by atoms with Gasteiger partial charge in [0.05, 0.1) is 34.0 Å². The van der Waals surface area contributed by atoms with Crippen molar-refractivity contribution >= 4 is 90.5 Å². The van der Waals surface area contributed by atoms with Gasteiger partial charge in [-0.3, -0.25) is 14.8 Å². The van der Waals surface area contributed by atoms with Crippen molar-refractivity contribution in [1.29, 1.82) is 0 Å². The number of pyridine rings is 1. The summed E-state index contributed by atoms with van der Waals surface area (Å²) in [5, 5.41) is 60.6. The number of aromatic hydroxyl groups is 2. The van der Waals surface area contributed by atoms with E-state index in [1.165, 1.54) is 53.3 Å². The minimum absolute atomic E-state index is 0.0819. The van der Waals surface area contributed by atoms with E-state index < -0.39 is 23.2 Å². The van der Waals surface area contributed by atoms with Gasteiger partial charge in [-0.05, 0) is 184 Å². The van der Waals surface area contributed by atoms with Crippen LogP contribution in [-0.4, -0.2) is 122 Å². The summed E-state index contributed by atoms with van der Waals surface area (Å²) < 4.78 is 12.5. The highest BCUT2D eigenvalue weighted by molar-refractivity contribution is 7.10. The summed E-state index contributed by atoms with van der Waals surface area (Å²) in [7, 11) is 0. The molecule has 0 unspecified atom stereocenters. The van der Waals surface area contributed by atoms with Crippen molar-refractivity contribution in [3.8, 4) is 23.0 Å². The Labute approximate surface area is 566 Å². The van der Waals surface area contributed by atoms with Gasteiger partial charge in [0.25, 0.3) is 0 Å². The minimum atomic E-state index is -0.884. The van der Waals surface area contributed by atoms with Gasteiger partial charge in [0.2, 0.25) is 0 Å². The summed E-state index contributed by atoms with van der Waals surface area (Å²) in [5.41, 5.74) is 8.46. The zero-order chi connectivity index (χ0) is 64.9. The number of para-hydroxylation sites is 1. The third-order valence-corrected chi connectivity index (χ3v) is 21.8. The highest BCUT2D eigenvalue weighted by Crippen LogP contribution is 2.65. The number of nitrogens with zero attached hydrogens (tertiary/aromatic N) is 5. The second kappa shape index (κ2) is 28.9. The molecule has 7 aliphatic rings. The van der Waals surface area contributed by atoms with Crippen molar-refractivity contribution in [2.45, 2.75) is 127 Å². The lowest BCUT2D eigenvalue weighted by Crippen LogP contribution is -2.77. The van der Waals surface area contributed by atoms with Gasteiger partial charge in [0.15, 0.2) is 11.5 Å². The topological polar surface area (TPSA) is 170 Å². The molecule has 2 saturated carbocycles. The molecule has 4 fully saturated rings. The Morgan fingerprint density at radius 2 is 1.59 bits per heavy atom. The number of likely N-dealkylation sites (tertiary alicyclic amines) is 1. The van der Waals surface area contributed by atoms with E-state index in [0.29, 0.717) is 34.4 Å². The van der Waals surface area contributed by atoms with Gasteiger partial charge in [0, 0.05) is 111 Å². The Morgan fingerprint density at radius 1 is 0.798 bits per heavy atom. The number of aliphatic hydroxyl groups excluding tert-OH is 1. The maximum atomic E-state index is 12.1. The van der Waals surface area contributed by atoms with Crippen LogP contribution in [0.1, 0.15) is 112 Å². The first-order valence-electron chi connectivity index (χ1n) is 33.7. The number of benzene rings is 7. The van der Waals surface area contributed by atoms with E-state index in [1.54, 1.807) is 29.7 Å². The Hall–Kier alpha value is -7.44. The summed E-state index contributed by atoms with van der Waals surface area (Å²) >= 11 is 14.0. The van der Waals surface area contributed by atoms with E-state index in [0.717, 1.165) is 152 Å². The normalized spacial score (nSPS) is 21.8. The first-order chi connectivity index (χ1) is 45.8. The molecule has 4 aliphatic heterocycles. The average Bonchev–Trinajstić information content (AvgIpc) is 1.41. The van der Waals surface area contributed by atoms with Gasteiger partial charge < -0.3 is 50.8 Å². The van der Waals surface area contributed by atoms with Crippen molar-refractivity contribution in [3.05, 3.63) is 200 Å². The number of hydrogen-bond acceptors (Lipinski definition) is 15. The van der Waals surface area contributed by atoms with Gasteiger partial charge in [-0.2, -0.15) is 0 Å². The fraction of sp³-hybridized carbons (Fsp3) is 0.377. The molecule has 7 aromatic carbocycles. The number of aromatic nitrogens is 1. The highest BCUT2D eigenvalue weighted by atomic mass is 35.5. The van der Waals surface area contributed by atoms with Gasteiger partial charge in [-0.15, -0.1) is 11.3 Å². The second-order valence-electron chi connectivity index (χ2n) is 25.9. The number of phenols is 2. The molecular weight excluding hydrogens is 1240 g/mol. The number of nitrogens with one attached hydrogen (secondary N) is 3. The van der Waals surface area contributed by atoms with E-state index in [2.05, 4.69) is 135 Å². The number of unbranched alkanes of at least 4 members (excludes halogenated alkanes) is 1. The number of hydrogen-bond donors (Lipinski definition) is 7. The highest BCUT2D eigenvalue weighted by Gasteiger charge is 2.73. The molecule has 2 bridgehead atoms. The predicted molar refractivity (Wildman–Crippen MR) is 383 cm³/mol. The zero-order valence-electron chi connectivity index (χ0n) is 53.9. The summed E-state index contributed by atoms with van der Waals surface area (Å²) in [4.78, 5) is 17.7. The molecular formula is C77H86Cl2N8O6S. The summed E-state index contributed by atoms with van der Waals surface area (Å²) in [5.74, 6) is 3.75. The fourth-order valence-electron chi connectivity index (χ4n) is 15.2. The van der Waals surface area contributed by atoms with Crippen LogP contribution in [0.3, 0.4) is 0 Å². The van der Waals surface area contributed by atoms with Gasteiger partial charge in [-0.25, -0.2) is 4.99 Å². The standard InChI is InChI=1S/C21H27NO4.C20H22ClN3O.C19H20OS.C17H17ClN4/c23-14-5-4-13-10-16-21(25)7-6-15(24)19-20(21,17(13)18(14)26-19)8-9-22(16)11-12-2-1-3-12;1-3-24(4-2)13-14-11-16(6-8-20(14)25)23-18-9-10-22-19-12-15(21)5-7-17(18)19;1-2-3-11-18(19-13-7-14-21-19)20-17-12-6-9-15-8-4-5-10-16(15)17;18-12-5-6-15-16(11-12)21-17(22-9-7-19-8-10-22)13-3-1-2-4-14(13)20-15/h4-5,12,15-16,19,23-25H,1-3,6-11H2;5-12,25H,3-4,13H2,1-2H3,(H,22,23);4-10,12-14,18H,2-3,11H2,1H3;1-6,11,19-20H,7-10H2/t15-,16+,19-,20-,21-;;18-;/m0.0./s1.